The number of fused-ring (bicyclic) bond motifs is 13. The molecule has 0 radical (unpaired) electrons. The molecule has 5 aromatic carbocycles. The van der Waals surface area contributed by atoms with E-state index in [0.717, 1.165) is 0 Å². The highest BCUT2D eigenvalue weighted by Gasteiger charge is 2.41. The SMILES string of the molecule is Cc1cc2[n+](cc1C)-[n+]1ccc(C(C)(C)C)cc1-c1cc(-c3ccccc3)ccc1-c1cc3c(cc1-2)-c1ccc2ccccc2c1C3(C)C. The van der Waals surface area contributed by atoms with Crippen molar-refractivity contribution in [1.82, 2.24) is 0 Å². The highest BCUT2D eigenvalue weighted by molar-refractivity contribution is 6.01. The van der Waals surface area contributed by atoms with Crippen molar-refractivity contribution in [2.24, 2.45) is 0 Å². The first-order chi connectivity index (χ1) is 23.5. The molecule has 49 heavy (non-hydrogen) atoms. The van der Waals surface area contributed by atoms with Crippen LogP contribution in [0.25, 0.3) is 66.7 Å². The summed E-state index contributed by atoms with van der Waals surface area (Å²) in [6.07, 6.45) is 4.59. The number of aromatic nitrogens is 2. The van der Waals surface area contributed by atoms with E-state index in [0.29, 0.717) is 0 Å². The summed E-state index contributed by atoms with van der Waals surface area (Å²) in [6.45, 7) is 16.2. The van der Waals surface area contributed by atoms with E-state index in [1.807, 2.05) is 0 Å². The van der Waals surface area contributed by atoms with Gasteiger partial charge in [-0.3, -0.25) is 0 Å². The van der Waals surface area contributed by atoms with Crippen LogP contribution in [0.5, 0.6) is 0 Å². The Morgan fingerprint density at radius 1 is 0.531 bits per heavy atom. The lowest BCUT2D eigenvalue weighted by Crippen LogP contribution is -2.68. The van der Waals surface area contributed by atoms with Crippen LogP contribution in [0.1, 0.15) is 62.4 Å². The van der Waals surface area contributed by atoms with Crippen molar-refractivity contribution in [1.29, 1.82) is 0 Å². The van der Waals surface area contributed by atoms with E-state index in [4.69, 9.17) is 0 Å². The van der Waals surface area contributed by atoms with Gasteiger partial charge in [-0.25, -0.2) is 0 Å². The Morgan fingerprint density at radius 3 is 2.04 bits per heavy atom. The largest absolute Gasteiger partial charge is 0.285 e. The Balaban J connectivity index is 1.42. The molecule has 2 aliphatic rings. The molecule has 2 heteroatoms. The monoisotopic (exact) mass is 634 g/mol. The first kappa shape index (κ1) is 29.8. The van der Waals surface area contributed by atoms with Crippen LogP contribution in [0.2, 0.25) is 0 Å². The predicted octanol–water partition coefficient (Wildman–Crippen LogP) is 10.9. The molecule has 0 atom stereocenters. The van der Waals surface area contributed by atoms with E-state index in [1.165, 1.54) is 94.5 Å². The number of benzene rings is 5. The Hall–Kier alpha value is -5.34. The van der Waals surface area contributed by atoms with Crippen LogP contribution in [-0.4, -0.2) is 0 Å². The van der Waals surface area contributed by atoms with Gasteiger partial charge in [-0.2, -0.15) is 0 Å². The molecule has 0 bridgehead atoms. The van der Waals surface area contributed by atoms with Crippen LogP contribution >= 0.6 is 0 Å². The summed E-state index contributed by atoms with van der Waals surface area (Å²) in [5.74, 6) is 0. The van der Waals surface area contributed by atoms with Crippen molar-refractivity contribution < 1.29 is 9.35 Å². The van der Waals surface area contributed by atoms with Gasteiger partial charge in [-0.1, -0.05) is 113 Å². The summed E-state index contributed by atoms with van der Waals surface area (Å²) < 4.78 is 4.75. The molecule has 0 saturated carbocycles. The van der Waals surface area contributed by atoms with Gasteiger partial charge < -0.3 is 0 Å². The molecule has 2 aromatic heterocycles. The first-order valence-electron chi connectivity index (χ1n) is 17.5. The fraction of sp³-hybridized carbons (Fsp3) is 0.191. The van der Waals surface area contributed by atoms with Gasteiger partial charge in [-0.15, -0.1) is 0 Å². The van der Waals surface area contributed by atoms with E-state index in [2.05, 4.69) is 185 Å². The Morgan fingerprint density at radius 2 is 1.24 bits per heavy atom. The van der Waals surface area contributed by atoms with Crippen LogP contribution in [0.4, 0.5) is 0 Å². The highest BCUT2D eigenvalue weighted by Crippen LogP contribution is 2.54. The fourth-order valence-corrected chi connectivity index (χ4v) is 8.35. The van der Waals surface area contributed by atoms with Crippen molar-refractivity contribution in [2.45, 2.75) is 59.3 Å². The third-order valence-corrected chi connectivity index (χ3v) is 11.2. The van der Waals surface area contributed by atoms with Gasteiger partial charge in [0.2, 0.25) is 12.4 Å². The molecule has 238 valence electrons. The average molecular weight is 635 g/mol. The molecule has 3 heterocycles. The second-order valence-electron chi connectivity index (χ2n) is 15.7. The average Bonchev–Trinajstić information content (AvgIpc) is 3.33. The minimum Gasteiger partial charge on any atom is -0.0622 e. The third-order valence-electron chi connectivity index (χ3n) is 11.2. The van der Waals surface area contributed by atoms with Gasteiger partial charge in [-0.05, 0) is 104 Å². The van der Waals surface area contributed by atoms with Crippen molar-refractivity contribution in [2.75, 3.05) is 0 Å². The lowest BCUT2D eigenvalue weighted by Gasteiger charge is -2.25. The fourth-order valence-electron chi connectivity index (χ4n) is 8.35. The van der Waals surface area contributed by atoms with Crippen LogP contribution in [0, 0.1) is 13.8 Å². The molecule has 0 unspecified atom stereocenters. The van der Waals surface area contributed by atoms with E-state index >= 15 is 0 Å². The normalized spacial score (nSPS) is 13.8. The van der Waals surface area contributed by atoms with Crippen molar-refractivity contribution >= 4 is 10.8 Å². The summed E-state index contributed by atoms with van der Waals surface area (Å²) in [5.41, 5.74) is 19.1. The Labute approximate surface area is 290 Å². The minimum atomic E-state index is -0.154. The Bertz CT molecular complexity index is 2510. The van der Waals surface area contributed by atoms with E-state index in [1.54, 1.807) is 0 Å². The van der Waals surface area contributed by atoms with Crippen LogP contribution in [0.3, 0.4) is 0 Å². The molecule has 7 aromatic rings. The number of rotatable bonds is 1. The summed E-state index contributed by atoms with van der Waals surface area (Å²) in [4.78, 5) is 0. The summed E-state index contributed by atoms with van der Waals surface area (Å²) in [6, 6.07) is 43.5. The quantitative estimate of drug-likeness (QED) is 0.159. The number of hydrogen-bond donors (Lipinski definition) is 0. The van der Waals surface area contributed by atoms with E-state index < -0.39 is 0 Å². The molecule has 0 saturated heterocycles. The maximum absolute atomic E-state index is 2.53. The molecule has 1 aliphatic heterocycles. The molecular weight excluding hydrogens is 593 g/mol. The zero-order valence-corrected chi connectivity index (χ0v) is 29.5. The van der Waals surface area contributed by atoms with Gasteiger partial charge >= 0.3 is 0 Å². The third kappa shape index (κ3) is 4.40. The van der Waals surface area contributed by atoms with Gasteiger partial charge in [0, 0.05) is 29.2 Å². The molecule has 2 nitrogen and oxygen atoms in total. The molecule has 0 amide bonds. The molecule has 0 N–H and O–H groups in total. The summed E-state index contributed by atoms with van der Waals surface area (Å²) in [5, 5.41) is 2.65. The van der Waals surface area contributed by atoms with E-state index in [9.17, 15) is 0 Å². The first-order valence-corrected chi connectivity index (χ1v) is 17.5. The molecule has 1 aliphatic carbocycles. The maximum atomic E-state index is 2.53. The molecule has 9 rings (SSSR count). The molecule has 0 spiro atoms. The van der Waals surface area contributed by atoms with Crippen molar-refractivity contribution in [3.05, 3.63) is 155 Å². The minimum absolute atomic E-state index is 0.00313. The van der Waals surface area contributed by atoms with Crippen molar-refractivity contribution in [3.8, 4) is 55.9 Å². The zero-order chi connectivity index (χ0) is 33.8. The number of aryl methyl sites for hydroxylation is 2. The molecule has 0 fully saturated rings. The maximum Gasteiger partial charge on any atom is 0.285 e. The standard InChI is InChI=1S/C47H42N2/c1-29-23-43-41-26-39-37-20-17-32-15-11-12-16-35(32)45(37)47(6,7)42(39)27-38(41)36-19-18-33(31-13-9-8-10-14-31)24-40(36)44-25-34(46(3,4)5)21-22-48(44)49(43)28-30(29)2/h8-28H,1-7H3/q+2. The topological polar surface area (TPSA) is 7.76 Å². The van der Waals surface area contributed by atoms with Crippen LogP contribution in [-0.2, 0) is 10.8 Å². The smallest absolute Gasteiger partial charge is 0.0622 e. The van der Waals surface area contributed by atoms with Crippen LogP contribution < -0.4 is 9.35 Å². The van der Waals surface area contributed by atoms with Gasteiger partial charge in [0.05, 0.1) is 20.5 Å². The summed E-state index contributed by atoms with van der Waals surface area (Å²) in [7, 11) is 0. The molecular formula is C47H42N2+2. The zero-order valence-electron chi connectivity index (χ0n) is 29.5. The van der Waals surface area contributed by atoms with Gasteiger partial charge in [0.25, 0.3) is 11.4 Å². The van der Waals surface area contributed by atoms with Gasteiger partial charge in [0.15, 0.2) is 0 Å². The Kier molecular flexibility index (Phi) is 6.28. The van der Waals surface area contributed by atoms with Crippen molar-refractivity contribution in [3.63, 3.8) is 0 Å². The lowest BCUT2D eigenvalue weighted by atomic mass is 9.78. The van der Waals surface area contributed by atoms with E-state index in [-0.39, 0.29) is 10.8 Å². The number of hydrogen-bond acceptors (Lipinski definition) is 0. The summed E-state index contributed by atoms with van der Waals surface area (Å²) >= 11 is 0. The van der Waals surface area contributed by atoms with Gasteiger partial charge in [0.1, 0.15) is 0 Å². The second kappa shape index (κ2) is 10.3. The predicted molar refractivity (Wildman–Crippen MR) is 203 cm³/mol. The number of pyridine rings is 2. The number of nitrogens with zero attached hydrogens (tertiary/aromatic N) is 2. The highest BCUT2D eigenvalue weighted by atomic mass is 15.5. The lowest BCUT2D eigenvalue weighted by molar-refractivity contribution is -1.29. The van der Waals surface area contributed by atoms with Crippen LogP contribution in [0.15, 0.2) is 128 Å². The second-order valence-corrected chi connectivity index (χ2v) is 15.7.